The van der Waals surface area contributed by atoms with E-state index >= 15 is 0 Å². The lowest BCUT2D eigenvalue weighted by molar-refractivity contribution is -0.161. The number of allylic oxidation sites excluding steroid dienone is 2. The molecule has 0 aliphatic rings. The maximum absolute atomic E-state index is 12.5. The van der Waals surface area contributed by atoms with E-state index in [-0.39, 0.29) is 19.4 Å². The van der Waals surface area contributed by atoms with Crippen molar-refractivity contribution in [2.45, 2.75) is 167 Å². The van der Waals surface area contributed by atoms with Gasteiger partial charge in [-0.2, -0.15) is 0 Å². The Kier molecular flexibility index (Phi) is 30.4. The summed E-state index contributed by atoms with van der Waals surface area (Å²) in [7, 11) is -4.60. The zero-order chi connectivity index (χ0) is 33.4. The molecule has 0 rings (SSSR count). The summed E-state index contributed by atoms with van der Waals surface area (Å²) in [5, 5.41) is 18.2. The Labute approximate surface area is 273 Å². The van der Waals surface area contributed by atoms with E-state index in [1.165, 1.54) is 57.8 Å². The first kappa shape index (κ1) is 43.7. The standard InChI is InChI=1S/C34H65O10P/c1-3-5-7-9-11-13-15-17-19-21-23-25-33(37)41-29-32(30-43-45(39,40)42-28-31(36)27-35)44-34(38)26-24-22-20-18-16-14-12-10-8-6-4-2/h10,12,31-32,35-36H,3-9,11,13-30H2,1-2H3,(H,39,40)/b12-10-/t31-,32+/m0/s1. The Hall–Kier alpha value is -1.29. The zero-order valence-corrected chi connectivity index (χ0v) is 29.2. The van der Waals surface area contributed by atoms with Crippen molar-refractivity contribution < 1.29 is 47.8 Å². The molecule has 0 amide bonds. The van der Waals surface area contributed by atoms with E-state index in [4.69, 9.17) is 19.1 Å². The molecule has 0 spiro atoms. The molecule has 0 radical (unpaired) electrons. The van der Waals surface area contributed by atoms with E-state index in [9.17, 15) is 24.2 Å². The molecule has 45 heavy (non-hydrogen) atoms. The fourth-order valence-electron chi connectivity index (χ4n) is 4.62. The number of carbonyl (C=O) groups is 2. The minimum absolute atomic E-state index is 0.177. The molecule has 0 fully saturated rings. The summed E-state index contributed by atoms with van der Waals surface area (Å²) in [6.45, 7) is 2.30. The Balaban J connectivity index is 4.42. The maximum atomic E-state index is 12.5. The molecule has 0 aromatic heterocycles. The van der Waals surface area contributed by atoms with Crippen molar-refractivity contribution in [3.63, 3.8) is 0 Å². The predicted octanol–water partition coefficient (Wildman–Crippen LogP) is 8.11. The smallest absolute Gasteiger partial charge is 0.462 e. The van der Waals surface area contributed by atoms with E-state index in [2.05, 4.69) is 30.5 Å². The number of aliphatic hydroxyl groups is 2. The third kappa shape index (κ3) is 31.1. The number of phosphoric ester groups is 1. The van der Waals surface area contributed by atoms with Crippen molar-refractivity contribution in [2.24, 2.45) is 0 Å². The van der Waals surface area contributed by atoms with Crippen LogP contribution in [0.25, 0.3) is 0 Å². The highest BCUT2D eigenvalue weighted by Crippen LogP contribution is 2.43. The van der Waals surface area contributed by atoms with Gasteiger partial charge in [0.25, 0.3) is 0 Å². The number of carbonyl (C=O) groups excluding carboxylic acids is 2. The number of rotatable bonds is 33. The van der Waals surface area contributed by atoms with E-state index in [0.717, 1.165) is 57.8 Å². The Bertz CT molecular complexity index is 776. The van der Waals surface area contributed by atoms with Gasteiger partial charge in [0, 0.05) is 12.8 Å². The van der Waals surface area contributed by atoms with Crippen LogP contribution < -0.4 is 0 Å². The van der Waals surface area contributed by atoms with Crippen LogP contribution in [0.5, 0.6) is 0 Å². The molecule has 3 N–H and O–H groups in total. The quantitative estimate of drug-likeness (QED) is 0.0272. The highest BCUT2D eigenvalue weighted by atomic mass is 31.2. The van der Waals surface area contributed by atoms with Crippen LogP contribution in [-0.2, 0) is 32.7 Å². The molecule has 1 unspecified atom stereocenters. The summed E-state index contributed by atoms with van der Waals surface area (Å²) in [5.74, 6) is -0.935. The van der Waals surface area contributed by atoms with Gasteiger partial charge in [0.1, 0.15) is 12.7 Å². The van der Waals surface area contributed by atoms with Crippen molar-refractivity contribution in [3.8, 4) is 0 Å². The molecule has 266 valence electrons. The van der Waals surface area contributed by atoms with Gasteiger partial charge in [-0.1, -0.05) is 122 Å². The Morgan fingerprint density at radius 2 is 1.11 bits per heavy atom. The lowest BCUT2D eigenvalue weighted by atomic mass is 10.1. The second-order valence-electron chi connectivity index (χ2n) is 11.9. The summed E-state index contributed by atoms with van der Waals surface area (Å²) in [6, 6.07) is 0. The second kappa shape index (κ2) is 31.3. The lowest BCUT2D eigenvalue weighted by Gasteiger charge is -2.20. The van der Waals surface area contributed by atoms with Gasteiger partial charge in [0.05, 0.1) is 19.8 Å². The number of aliphatic hydroxyl groups excluding tert-OH is 2. The zero-order valence-electron chi connectivity index (χ0n) is 28.3. The highest BCUT2D eigenvalue weighted by molar-refractivity contribution is 7.47. The first-order valence-corrected chi connectivity index (χ1v) is 19.1. The highest BCUT2D eigenvalue weighted by Gasteiger charge is 2.27. The van der Waals surface area contributed by atoms with Gasteiger partial charge < -0.3 is 24.6 Å². The van der Waals surface area contributed by atoms with Crippen LogP contribution in [0.4, 0.5) is 0 Å². The summed E-state index contributed by atoms with van der Waals surface area (Å²) in [6.07, 6.45) is 24.7. The number of hydrogen-bond donors (Lipinski definition) is 3. The summed E-state index contributed by atoms with van der Waals surface area (Å²) in [4.78, 5) is 34.6. The molecule has 0 aromatic rings. The molecule has 11 heteroatoms. The molecule has 0 aliphatic heterocycles. The molecule has 3 atom stereocenters. The SMILES string of the molecule is CCCC/C=C\CCCCCCCC(=O)O[C@H](COC(=O)CCCCCCCCCCCCC)COP(=O)(O)OC[C@@H](O)CO. The van der Waals surface area contributed by atoms with Gasteiger partial charge in [-0.3, -0.25) is 18.6 Å². The van der Waals surface area contributed by atoms with Gasteiger partial charge in [-0.05, 0) is 32.1 Å². The van der Waals surface area contributed by atoms with Crippen molar-refractivity contribution in [1.29, 1.82) is 0 Å². The summed E-state index contributed by atoms with van der Waals surface area (Å²) >= 11 is 0. The first-order valence-electron chi connectivity index (χ1n) is 17.6. The summed E-state index contributed by atoms with van der Waals surface area (Å²) in [5.41, 5.74) is 0. The number of esters is 2. The molecule has 0 saturated heterocycles. The average Bonchev–Trinajstić information content (AvgIpc) is 3.02. The fourth-order valence-corrected chi connectivity index (χ4v) is 5.41. The van der Waals surface area contributed by atoms with Crippen molar-refractivity contribution in [1.82, 2.24) is 0 Å². The van der Waals surface area contributed by atoms with Crippen LogP contribution in [-0.4, -0.2) is 65.7 Å². The van der Waals surface area contributed by atoms with Crippen LogP contribution in [0.3, 0.4) is 0 Å². The first-order chi connectivity index (χ1) is 21.7. The van der Waals surface area contributed by atoms with Gasteiger partial charge in [0.15, 0.2) is 6.10 Å². The predicted molar refractivity (Wildman–Crippen MR) is 178 cm³/mol. The summed E-state index contributed by atoms with van der Waals surface area (Å²) < 4.78 is 32.4. The largest absolute Gasteiger partial charge is 0.472 e. The van der Waals surface area contributed by atoms with Gasteiger partial charge in [-0.25, -0.2) is 4.57 Å². The third-order valence-electron chi connectivity index (χ3n) is 7.42. The Morgan fingerprint density at radius 1 is 0.644 bits per heavy atom. The molecule has 10 nitrogen and oxygen atoms in total. The van der Waals surface area contributed by atoms with Crippen LogP contribution in [0.15, 0.2) is 12.2 Å². The normalized spacial score (nSPS) is 14.3. The molecule has 0 heterocycles. The topological polar surface area (TPSA) is 149 Å². The number of ether oxygens (including phenoxy) is 2. The molecular formula is C34H65O10P. The minimum Gasteiger partial charge on any atom is -0.462 e. The van der Waals surface area contributed by atoms with Gasteiger partial charge >= 0.3 is 19.8 Å². The lowest BCUT2D eigenvalue weighted by Crippen LogP contribution is -2.29. The van der Waals surface area contributed by atoms with Gasteiger partial charge in [-0.15, -0.1) is 0 Å². The van der Waals surface area contributed by atoms with E-state index < -0.39 is 51.8 Å². The Morgan fingerprint density at radius 3 is 1.67 bits per heavy atom. The minimum atomic E-state index is -4.60. The molecule has 0 aliphatic carbocycles. The van der Waals surface area contributed by atoms with Crippen LogP contribution in [0.2, 0.25) is 0 Å². The monoisotopic (exact) mass is 664 g/mol. The molecular weight excluding hydrogens is 599 g/mol. The fraction of sp³-hybridized carbons (Fsp3) is 0.882. The van der Waals surface area contributed by atoms with Crippen LogP contribution in [0, 0.1) is 0 Å². The van der Waals surface area contributed by atoms with E-state index in [1.807, 2.05) is 0 Å². The molecule has 0 saturated carbocycles. The number of phosphoric acid groups is 1. The van der Waals surface area contributed by atoms with E-state index in [0.29, 0.717) is 12.8 Å². The van der Waals surface area contributed by atoms with Crippen molar-refractivity contribution >= 4 is 19.8 Å². The van der Waals surface area contributed by atoms with Gasteiger partial charge in [0.2, 0.25) is 0 Å². The average molecular weight is 665 g/mol. The van der Waals surface area contributed by atoms with Crippen molar-refractivity contribution in [3.05, 3.63) is 12.2 Å². The van der Waals surface area contributed by atoms with Crippen LogP contribution in [0.1, 0.15) is 155 Å². The second-order valence-corrected chi connectivity index (χ2v) is 13.4. The molecule has 0 aromatic carbocycles. The third-order valence-corrected chi connectivity index (χ3v) is 8.37. The molecule has 0 bridgehead atoms. The number of unbranched alkanes of at least 4 members (excludes halogenated alkanes) is 17. The number of hydrogen-bond acceptors (Lipinski definition) is 9. The maximum Gasteiger partial charge on any atom is 0.472 e. The van der Waals surface area contributed by atoms with Crippen molar-refractivity contribution in [2.75, 3.05) is 26.4 Å². The van der Waals surface area contributed by atoms with Crippen LogP contribution >= 0.6 is 7.82 Å². The van der Waals surface area contributed by atoms with E-state index in [1.54, 1.807) is 0 Å².